The van der Waals surface area contributed by atoms with Crippen LogP contribution in [0, 0.1) is 17.2 Å². The molecule has 12 heteroatoms. The molecule has 3 aliphatic rings. The Labute approximate surface area is 255 Å². The van der Waals surface area contributed by atoms with E-state index in [4.69, 9.17) is 4.74 Å². The summed E-state index contributed by atoms with van der Waals surface area (Å²) in [6, 6.07) is 4.05. The van der Waals surface area contributed by atoms with Crippen molar-refractivity contribution >= 4 is 21.7 Å². The zero-order valence-electron chi connectivity index (χ0n) is 25.8. The van der Waals surface area contributed by atoms with Gasteiger partial charge in [0, 0.05) is 51.4 Å². The number of nitrogens with one attached hydrogen (secondary N) is 1. The van der Waals surface area contributed by atoms with Crippen LogP contribution in [-0.4, -0.2) is 91.2 Å². The number of carbonyl (C=O) groups excluding carboxylic acids is 1. The normalized spacial score (nSPS) is 20.9. The van der Waals surface area contributed by atoms with Crippen molar-refractivity contribution in [2.75, 3.05) is 49.9 Å². The summed E-state index contributed by atoms with van der Waals surface area (Å²) in [6.07, 6.45) is 8.10. The summed E-state index contributed by atoms with van der Waals surface area (Å²) in [7, 11) is -3.15. The average molecular weight is 617 g/mol. The van der Waals surface area contributed by atoms with E-state index < -0.39 is 15.8 Å². The van der Waals surface area contributed by atoms with Gasteiger partial charge in [0.2, 0.25) is 10.0 Å². The van der Waals surface area contributed by atoms with E-state index in [0.717, 1.165) is 64.8 Å². The van der Waals surface area contributed by atoms with Crippen LogP contribution in [0.15, 0.2) is 30.7 Å². The number of aromatic nitrogens is 2. The van der Waals surface area contributed by atoms with E-state index in [1.165, 1.54) is 24.5 Å². The number of ether oxygens (including phenoxy) is 1. The number of hydrogen-bond acceptors (Lipinski definition) is 8. The molecule has 3 heterocycles. The quantitative estimate of drug-likeness (QED) is 0.399. The highest BCUT2D eigenvalue weighted by atomic mass is 32.2. The SMILES string of the molecule is CCN(C(=O)c1cc(F)ccc1Oc1cncnc1N1CCC(CN2CC3(CCC(NS(=O)(=O)CC)CC3)C2)C1)C(C)C. The van der Waals surface area contributed by atoms with Crippen LogP contribution in [0.1, 0.15) is 70.2 Å². The first-order valence-electron chi connectivity index (χ1n) is 15.6. The summed E-state index contributed by atoms with van der Waals surface area (Å²) in [4.78, 5) is 28.4. The molecule has 10 nitrogen and oxygen atoms in total. The maximum atomic E-state index is 14.2. The summed E-state index contributed by atoms with van der Waals surface area (Å²) in [5.74, 6) is 1.23. The van der Waals surface area contributed by atoms with E-state index in [1.54, 1.807) is 18.0 Å². The standard InChI is InChI=1S/C31H45FN6O4S/c1-5-38(22(3)4)30(39)26-15-24(32)7-8-27(26)42-28-16-33-21-34-29(28)37-14-11-23(18-37)17-36-19-31(20-36)12-9-25(10-13-31)35-43(40,41)6-2/h7-8,15-16,21-23,25,35H,5-6,9-14,17-20H2,1-4H3. The zero-order valence-corrected chi connectivity index (χ0v) is 26.6. The number of amides is 1. The predicted molar refractivity (Wildman–Crippen MR) is 164 cm³/mol. The van der Waals surface area contributed by atoms with Crippen LogP contribution in [0.2, 0.25) is 0 Å². The van der Waals surface area contributed by atoms with E-state index in [2.05, 4.69) is 24.5 Å². The molecular formula is C31H45FN6O4S. The molecule has 1 aromatic heterocycles. The largest absolute Gasteiger partial charge is 0.451 e. The highest BCUT2D eigenvalue weighted by Crippen LogP contribution is 2.45. The van der Waals surface area contributed by atoms with Crippen LogP contribution in [0.3, 0.4) is 0 Å². The summed E-state index contributed by atoms with van der Waals surface area (Å²) in [5.41, 5.74) is 0.501. The molecule has 1 aliphatic carbocycles. The van der Waals surface area contributed by atoms with Gasteiger partial charge in [0.05, 0.1) is 17.5 Å². The Balaban J connectivity index is 1.18. The first kappa shape index (κ1) is 31.6. The van der Waals surface area contributed by atoms with Gasteiger partial charge in [0.25, 0.3) is 5.91 Å². The topological polar surface area (TPSA) is 108 Å². The predicted octanol–water partition coefficient (Wildman–Crippen LogP) is 4.29. The molecule has 2 aliphatic heterocycles. The van der Waals surface area contributed by atoms with Crippen molar-refractivity contribution in [3.05, 3.63) is 42.1 Å². The Morgan fingerprint density at radius 3 is 2.60 bits per heavy atom. The molecule has 5 rings (SSSR count). The molecule has 1 atom stereocenters. The third-order valence-corrected chi connectivity index (χ3v) is 10.7. The maximum absolute atomic E-state index is 14.2. The third kappa shape index (κ3) is 7.29. The molecule has 0 bridgehead atoms. The Bertz CT molecular complexity index is 1390. The fourth-order valence-electron chi connectivity index (χ4n) is 6.97. The first-order valence-corrected chi connectivity index (χ1v) is 17.2. The Kier molecular flexibility index (Phi) is 9.58. The van der Waals surface area contributed by atoms with Gasteiger partial charge in [0.1, 0.15) is 17.9 Å². The van der Waals surface area contributed by atoms with Gasteiger partial charge in [0.15, 0.2) is 11.6 Å². The number of halogens is 1. The fraction of sp³-hybridized carbons (Fsp3) is 0.645. The van der Waals surface area contributed by atoms with Gasteiger partial charge in [-0.3, -0.25) is 4.79 Å². The number of nitrogens with zero attached hydrogens (tertiary/aromatic N) is 5. The number of benzene rings is 1. The van der Waals surface area contributed by atoms with Gasteiger partial charge in [-0.2, -0.15) is 0 Å². The van der Waals surface area contributed by atoms with E-state index in [9.17, 15) is 17.6 Å². The van der Waals surface area contributed by atoms with Crippen molar-refractivity contribution in [2.24, 2.45) is 11.3 Å². The molecule has 1 saturated carbocycles. The number of anilines is 1. The Morgan fingerprint density at radius 2 is 1.93 bits per heavy atom. The van der Waals surface area contributed by atoms with Crippen LogP contribution >= 0.6 is 0 Å². The summed E-state index contributed by atoms with van der Waals surface area (Å²) < 4.78 is 47.2. The molecule has 1 aromatic carbocycles. The smallest absolute Gasteiger partial charge is 0.257 e. The van der Waals surface area contributed by atoms with E-state index >= 15 is 0 Å². The molecule has 2 aromatic rings. The van der Waals surface area contributed by atoms with E-state index in [-0.39, 0.29) is 35.1 Å². The van der Waals surface area contributed by atoms with Gasteiger partial charge in [-0.1, -0.05) is 0 Å². The van der Waals surface area contributed by atoms with Crippen molar-refractivity contribution in [3.8, 4) is 11.5 Å². The molecule has 1 amide bonds. The Morgan fingerprint density at radius 1 is 1.19 bits per heavy atom. The van der Waals surface area contributed by atoms with Crippen LogP contribution < -0.4 is 14.4 Å². The molecule has 3 fully saturated rings. The van der Waals surface area contributed by atoms with Crippen LogP contribution in [0.25, 0.3) is 0 Å². The van der Waals surface area contributed by atoms with Crippen LogP contribution in [0.5, 0.6) is 11.5 Å². The zero-order chi connectivity index (χ0) is 30.8. The third-order valence-electron chi connectivity index (χ3n) is 9.27. The highest BCUT2D eigenvalue weighted by molar-refractivity contribution is 7.89. The molecule has 43 heavy (non-hydrogen) atoms. The molecule has 0 radical (unpaired) electrons. The monoisotopic (exact) mass is 616 g/mol. The van der Waals surface area contributed by atoms with E-state index in [0.29, 0.717) is 29.4 Å². The molecule has 1 N–H and O–H groups in total. The van der Waals surface area contributed by atoms with Gasteiger partial charge in [-0.15, -0.1) is 0 Å². The second-order valence-electron chi connectivity index (χ2n) is 12.7. The molecule has 1 spiro atoms. The lowest BCUT2D eigenvalue weighted by Gasteiger charge is -2.54. The second kappa shape index (κ2) is 13.0. The van der Waals surface area contributed by atoms with E-state index in [1.807, 2.05) is 20.8 Å². The van der Waals surface area contributed by atoms with Crippen LogP contribution in [-0.2, 0) is 10.0 Å². The summed E-state index contributed by atoms with van der Waals surface area (Å²) >= 11 is 0. The molecule has 2 saturated heterocycles. The molecule has 1 unspecified atom stereocenters. The number of likely N-dealkylation sites (tertiary alicyclic amines) is 1. The van der Waals surface area contributed by atoms with Gasteiger partial charge < -0.3 is 19.4 Å². The Hall–Kier alpha value is -2.83. The number of sulfonamides is 1. The second-order valence-corrected chi connectivity index (χ2v) is 14.7. The summed E-state index contributed by atoms with van der Waals surface area (Å²) in [5, 5.41) is 0. The maximum Gasteiger partial charge on any atom is 0.257 e. The lowest BCUT2D eigenvalue weighted by molar-refractivity contribution is -0.0386. The van der Waals surface area contributed by atoms with Crippen LogP contribution in [0.4, 0.5) is 10.2 Å². The highest BCUT2D eigenvalue weighted by Gasteiger charge is 2.46. The minimum Gasteiger partial charge on any atom is -0.451 e. The van der Waals surface area contributed by atoms with Crippen molar-refractivity contribution in [3.63, 3.8) is 0 Å². The van der Waals surface area contributed by atoms with Crippen molar-refractivity contribution in [2.45, 2.75) is 71.9 Å². The van der Waals surface area contributed by atoms with Crippen molar-refractivity contribution < 1.29 is 22.3 Å². The number of carbonyl (C=O) groups is 1. The fourth-order valence-corrected chi connectivity index (χ4v) is 7.88. The molecular weight excluding hydrogens is 571 g/mol. The van der Waals surface area contributed by atoms with Crippen molar-refractivity contribution in [1.29, 1.82) is 0 Å². The first-order chi connectivity index (χ1) is 20.5. The average Bonchev–Trinajstić information content (AvgIpc) is 3.43. The lowest BCUT2D eigenvalue weighted by atomic mass is 9.67. The number of hydrogen-bond donors (Lipinski definition) is 1. The minimum atomic E-state index is -3.15. The van der Waals surface area contributed by atoms with Gasteiger partial charge in [-0.25, -0.2) is 27.5 Å². The number of rotatable bonds is 11. The summed E-state index contributed by atoms with van der Waals surface area (Å²) in [6.45, 7) is 12.8. The lowest BCUT2D eigenvalue weighted by Crippen LogP contribution is -2.59. The van der Waals surface area contributed by atoms with Crippen molar-refractivity contribution in [1.82, 2.24) is 24.5 Å². The van der Waals surface area contributed by atoms with Gasteiger partial charge >= 0.3 is 0 Å². The van der Waals surface area contributed by atoms with Gasteiger partial charge in [-0.05, 0) is 89.3 Å². The minimum absolute atomic E-state index is 0.0382. The molecule has 236 valence electrons.